The number of anilines is 1. The van der Waals surface area contributed by atoms with Gasteiger partial charge in [-0.3, -0.25) is 10.1 Å². The molecule has 0 radical (unpaired) electrons. The highest BCUT2D eigenvalue weighted by molar-refractivity contribution is 5.52. The summed E-state index contributed by atoms with van der Waals surface area (Å²) in [6, 6.07) is 1.62. The Labute approximate surface area is 124 Å². The second-order valence-electron chi connectivity index (χ2n) is 7.24. The Kier molecular flexibility index (Phi) is 2.99. The van der Waals surface area contributed by atoms with Crippen molar-refractivity contribution in [3.8, 4) is 0 Å². The molecule has 2 aliphatic rings. The van der Waals surface area contributed by atoms with Crippen LogP contribution in [-0.4, -0.2) is 48.0 Å². The molecule has 0 N–H and O–H groups in total. The van der Waals surface area contributed by atoms with Crippen LogP contribution in [0, 0.1) is 27.9 Å². The molecule has 0 amide bonds. The first kappa shape index (κ1) is 14.3. The molecule has 2 fully saturated rings. The van der Waals surface area contributed by atoms with Crippen molar-refractivity contribution in [3.63, 3.8) is 0 Å². The van der Waals surface area contributed by atoms with E-state index in [9.17, 15) is 10.1 Å². The monoisotopic (exact) mass is 290 g/mol. The van der Waals surface area contributed by atoms with Crippen molar-refractivity contribution in [2.24, 2.45) is 10.8 Å². The fourth-order valence-corrected chi connectivity index (χ4v) is 4.14. The molecule has 2 saturated heterocycles. The molecule has 3 heterocycles. The van der Waals surface area contributed by atoms with Crippen LogP contribution in [0.2, 0.25) is 0 Å². The normalized spacial score (nSPS) is 32.5. The minimum absolute atomic E-state index is 0.0628. The van der Waals surface area contributed by atoms with Gasteiger partial charge in [0.15, 0.2) is 0 Å². The molecular weight excluding hydrogens is 268 g/mol. The van der Waals surface area contributed by atoms with Crippen LogP contribution in [0.15, 0.2) is 12.3 Å². The zero-order valence-corrected chi connectivity index (χ0v) is 13.1. The van der Waals surface area contributed by atoms with Gasteiger partial charge in [0.1, 0.15) is 12.0 Å². The van der Waals surface area contributed by atoms with Gasteiger partial charge in [0.25, 0.3) is 5.69 Å². The molecule has 0 spiro atoms. The number of nitrogens with zero attached hydrogens (tertiary/aromatic N) is 4. The van der Waals surface area contributed by atoms with E-state index < -0.39 is 0 Å². The van der Waals surface area contributed by atoms with Crippen LogP contribution in [-0.2, 0) is 0 Å². The van der Waals surface area contributed by atoms with Crippen LogP contribution in [0.3, 0.4) is 0 Å². The molecule has 21 heavy (non-hydrogen) atoms. The van der Waals surface area contributed by atoms with Crippen LogP contribution in [0.25, 0.3) is 0 Å². The van der Waals surface area contributed by atoms with E-state index in [1.807, 2.05) is 6.92 Å². The van der Waals surface area contributed by atoms with E-state index in [0.29, 0.717) is 0 Å². The first-order valence-electron chi connectivity index (χ1n) is 7.29. The highest BCUT2D eigenvalue weighted by Gasteiger charge is 2.57. The molecule has 0 aliphatic carbocycles. The first-order valence-corrected chi connectivity index (χ1v) is 7.29. The highest BCUT2D eigenvalue weighted by atomic mass is 16.6. The lowest BCUT2D eigenvalue weighted by Gasteiger charge is -2.30. The lowest BCUT2D eigenvalue weighted by Crippen LogP contribution is -2.34. The molecule has 6 heteroatoms. The fraction of sp³-hybridized carbons (Fsp3) is 0.667. The standard InChI is InChI=1S/C15H22N4O2/c1-11-5-12(19(20)21)6-16-13(11)18-9-14(2)7-17(4)8-15(14,3)10-18/h5-6H,7-10H2,1-4H3. The van der Waals surface area contributed by atoms with Crippen molar-refractivity contribution in [2.75, 3.05) is 38.1 Å². The summed E-state index contributed by atoms with van der Waals surface area (Å²) in [5, 5.41) is 10.8. The van der Waals surface area contributed by atoms with Gasteiger partial charge < -0.3 is 9.80 Å². The number of fused-ring (bicyclic) bond motifs is 1. The molecule has 2 atom stereocenters. The molecule has 1 aromatic heterocycles. The van der Waals surface area contributed by atoms with Gasteiger partial charge in [-0.05, 0) is 19.5 Å². The van der Waals surface area contributed by atoms with Gasteiger partial charge in [-0.15, -0.1) is 0 Å². The molecule has 6 nitrogen and oxygen atoms in total. The molecule has 0 bridgehead atoms. The van der Waals surface area contributed by atoms with Crippen molar-refractivity contribution in [2.45, 2.75) is 20.8 Å². The average molecular weight is 290 g/mol. The van der Waals surface area contributed by atoms with E-state index in [1.165, 1.54) is 6.20 Å². The van der Waals surface area contributed by atoms with E-state index in [0.717, 1.165) is 37.6 Å². The van der Waals surface area contributed by atoms with Crippen molar-refractivity contribution in [3.05, 3.63) is 27.9 Å². The summed E-state index contributed by atoms with van der Waals surface area (Å²) in [7, 11) is 2.18. The molecule has 3 rings (SSSR count). The van der Waals surface area contributed by atoms with Gasteiger partial charge in [-0.1, -0.05) is 13.8 Å². The molecule has 2 unspecified atom stereocenters. The number of nitro groups is 1. The zero-order valence-electron chi connectivity index (χ0n) is 13.1. The third kappa shape index (κ3) is 2.09. The lowest BCUT2D eigenvalue weighted by molar-refractivity contribution is -0.385. The summed E-state index contributed by atoms with van der Waals surface area (Å²) in [6.07, 6.45) is 1.37. The van der Waals surface area contributed by atoms with E-state index in [1.54, 1.807) is 6.07 Å². The number of aromatic nitrogens is 1. The molecule has 0 saturated carbocycles. The van der Waals surface area contributed by atoms with Gasteiger partial charge in [-0.2, -0.15) is 0 Å². The maximum Gasteiger partial charge on any atom is 0.287 e. The largest absolute Gasteiger partial charge is 0.355 e. The van der Waals surface area contributed by atoms with Gasteiger partial charge in [0.2, 0.25) is 0 Å². The van der Waals surface area contributed by atoms with E-state index >= 15 is 0 Å². The van der Waals surface area contributed by atoms with Crippen LogP contribution < -0.4 is 4.90 Å². The zero-order chi connectivity index (χ0) is 15.4. The number of hydrogen-bond donors (Lipinski definition) is 0. The van der Waals surface area contributed by atoms with Gasteiger partial charge in [0, 0.05) is 43.1 Å². The van der Waals surface area contributed by atoms with Crippen molar-refractivity contribution in [1.29, 1.82) is 0 Å². The third-order valence-corrected chi connectivity index (χ3v) is 5.32. The smallest absolute Gasteiger partial charge is 0.287 e. The number of likely N-dealkylation sites (tertiary alicyclic amines) is 1. The Morgan fingerprint density at radius 3 is 2.29 bits per heavy atom. The third-order valence-electron chi connectivity index (χ3n) is 5.32. The van der Waals surface area contributed by atoms with Gasteiger partial charge in [0.05, 0.1) is 4.92 Å². The number of rotatable bonds is 2. The predicted octanol–water partition coefficient (Wildman–Crippen LogP) is 2.08. The Morgan fingerprint density at radius 2 is 1.81 bits per heavy atom. The Hall–Kier alpha value is -1.69. The minimum atomic E-state index is -0.389. The number of pyridine rings is 1. The van der Waals surface area contributed by atoms with Crippen LogP contribution in [0.1, 0.15) is 19.4 Å². The average Bonchev–Trinajstić information content (AvgIpc) is 2.71. The summed E-state index contributed by atoms with van der Waals surface area (Å²) >= 11 is 0. The van der Waals surface area contributed by atoms with E-state index in [2.05, 4.69) is 35.7 Å². The van der Waals surface area contributed by atoms with Crippen molar-refractivity contribution < 1.29 is 4.92 Å². The van der Waals surface area contributed by atoms with Crippen molar-refractivity contribution >= 4 is 11.5 Å². The Morgan fingerprint density at radius 1 is 1.24 bits per heavy atom. The number of hydrogen-bond acceptors (Lipinski definition) is 5. The Balaban J connectivity index is 1.89. The molecular formula is C15H22N4O2. The summed E-state index contributed by atoms with van der Waals surface area (Å²) in [5.41, 5.74) is 1.44. The van der Waals surface area contributed by atoms with Crippen LogP contribution in [0.5, 0.6) is 0 Å². The SMILES string of the molecule is Cc1cc([N+](=O)[O-])cnc1N1CC2(C)CN(C)CC2(C)C1. The maximum atomic E-state index is 10.8. The fourth-order valence-electron chi connectivity index (χ4n) is 4.14. The van der Waals surface area contributed by atoms with E-state index in [4.69, 9.17) is 0 Å². The summed E-state index contributed by atoms with van der Waals surface area (Å²) < 4.78 is 0. The van der Waals surface area contributed by atoms with Crippen molar-refractivity contribution in [1.82, 2.24) is 9.88 Å². The molecule has 114 valence electrons. The van der Waals surface area contributed by atoms with Gasteiger partial charge >= 0.3 is 0 Å². The lowest BCUT2D eigenvalue weighted by atomic mass is 9.71. The van der Waals surface area contributed by atoms with E-state index in [-0.39, 0.29) is 21.4 Å². The molecule has 1 aromatic rings. The summed E-state index contributed by atoms with van der Waals surface area (Å²) in [4.78, 5) is 19.5. The maximum absolute atomic E-state index is 10.8. The quantitative estimate of drug-likeness (QED) is 0.616. The second kappa shape index (κ2) is 4.40. The predicted molar refractivity (Wildman–Crippen MR) is 81.6 cm³/mol. The molecule has 0 aromatic carbocycles. The van der Waals surface area contributed by atoms with Crippen LogP contribution >= 0.6 is 0 Å². The minimum Gasteiger partial charge on any atom is -0.355 e. The summed E-state index contributed by atoms with van der Waals surface area (Å²) in [5.74, 6) is 0.889. The second-order valence-corrected chi connectivity index (χ2v) is 7.24. The van der Waals surface area contributed by atoms with Gasteiger partial charge in [-0.25, -0.2) is 4.98 Å². The highest BCUT2D eigenvalue weighted by Crippen LogP contribution is 2.52. The van der Waals surface area contributed by atoms with Crippen LogP contribution in [0.4, 0.5) is 11.5 Å². The summed E-state index contributed by atoms with van der Waals surface area (Å²) in [6.45, 7) is 10.7. The first-order chi connectivity index (χ1) is 9.74. The topological polar surface area (TPSA) is 62.5 Å². The Bertz CT molecular complexity index is 585. The molecule has 2 aliphatic heterocycles. The number of aryl methyl sites for hydroxylation is 1.